The first-order valence-electron chi connectivity index (χ1n) is 9.81. The molecule has 1 aromatic carbocycles. The van der Waals surface area contributed by atoms with Crippen molar-refractivity contribution in [1.29, 1.82) is 0 Å². The Kier molecular flexibility index (Phi) is 7.09. The third-order valence-electron chi connectivity index (χ3n) is 5.21. The van der Waals surface area contributed by atoms with E-state index in [9.17, 15) is 18.0 Å². The van der Waals surface area contributed by atoms with E-state index in [0.717, 1.165) is 5.69 Å². The number of piperazine rings is 1. The SMILES string of the molecule is CC(=O)c1ccc(N2CCN(C(=O)NCCS(=O)(=O)N3CCOCC3)CC2)cc1. The van der Waals surface area contributed by atoms with Crippen molar-refractivity contribution in [1.82, 2.24) is 14.5 Å². The minimum absolute atomic E-state index is 0.0358. The number of hydrogen-bond acceptors (Lipinski definition) is 6. The van der Waals surface area contributed by atoms with Crippen LogP contribution in [0.15, 0.2) is 24.3 Å². The van der Waals surface area contributed by atoms with Gasteiger partial charge in [0.05, 0.1) is 19.0 Å². The van der Waals surface area contributed by atoms with Crippen LogP contribution in [0.3, 0.4) is 0 Å². The van der Waals surface area contributed by atoms with Gasteiger partial charge in [0.15, 0.2) is 5.78 Å². The number of benzene rings is 1. The minimum Gasteiger partial charge on any atom is -0.379 e. The molecule has 2 saturated heterocycles. The number of nitrogens with one attached hydrogen (secondary N) is 1. The van der Waals surface area contributed by atoms with Gasteiger partial charge in [-0.05, 0) is 31.2 Å². The van der Waals surface area contributed by atoms with Crippen LogP contribution in [0.25, 0.3) is 0 Å². The van der Waals surface area contributed by atoms with E-state index in [0.29, 0.717) is 58.0 Å². The zero-order valence-electron chi connectivity index (χ0n) is 16.7. The second-order valence-corrected chi connectivity index (χ2v) is 9.22. The molecule has 0 radical (unpaired) electrons. The molecule has 0 aromatic heterocycles. The van der Waals surface area contributed by atoms with Gasteiger partial charge in [0, 0.05) is 57.1 Å². The van der Waals surface area contributed by atoms with Crippen molar-refractivity contribution in [3.05, 3.63) is 29.8 Å². The molecular formula is C19H28N4O5S. The van der Waals surface area contributed by atoms with Crippen molar-refractivity contribution in [2.45, 2.75) is 6.92 Å². The second kappa shape index (κ2) is 9.55. The van der Waals surface area contributed by atoms with E-state index in [1.165, 1.54) is 4.31 Å². The summed E-state index contributed by atoms with van der Waals surface area (Å²) < 4.78 is 31.2. The summed E-state index contributed by atoms with van der Waals surface area (Å²) in [5, 5.41) is 2.72. The highest BCUT2D eigenvalue weighted by Crippen LogP contribution is 2.17. The van der Waals surface area contributed by atoms with Crippen LogP contribution in [0.4, 0.5) is 10.5 Å². The molecule has 0 atom stereocenters. The van der Waals surface area contributed by atoms with Gasteiger partial charge < -0.3 is 19.9 Å². The van der Waals surface area contributed by atoms with Crippen LogP contribution in [0.1, 0.15) is 17.3 Å². The Hall–Kier alpha value is -2.17. The van der Waals surface area contributed by atoms with Crippen LogP contribution in [-0.2, 0) is 14.8 Å². The van der Waals surface area contributed by atoms with Crippen molar-refractivity contribution in [3.63, 3.8) is 0 Å². The van der Waals surface area contributed by atoms with Crippen molar-refractivity contribution in [2.75, 3.05) is 69.7 Å². The van der Waals surface area contributed by atoms with Gasteiger partial charge in [0.1, 0.15) is 0 Å². The summed E-state index contributed by atoms with van der Waals surface area (Å²) in [5.74, 6) is -0.0741. The Morgan fingerprint density at radius 2 is 1.62 bits per heavy atom. The number of carbonyl (C=O) groups is 2. The molecule has 2 fully saturated rings. The lowest BCUT2D eigenvalue weighted by Crippen LogP contribution is -2.52. The molecule has 2 aliphatic heterocycles. The summed E-state index contributed by atoms with van der Waals surface area (Å²) in [6.45, 7) is 5.65. The smallest absolute Gasteiger partial charge is 0.317 e. The zero-order chi connectivity index (χ0) is 20.9. The number of amides is 2. The van der Waals surface area contributed by atoms with Crippen molar-refractivity contribution >= 4 is 27.5 Å². The Morgan fingerprint density at radius 3 is 2.21 bits per heavy atom. The molecule has 2 aliphatic rings. The number of Topliss-reactive ketones (excluding diaryl/α,β-unsaturated/α-hetero) is 1. The van der Waals surface area contributed by atoms with Gasteiger partial charge in [-0.25, -0.2) is 13.2 Å². The quantitative estimate of drug-likeness (QED) is 0.663. The molecule has 1 N–H and O–H groups in total. The monoisotopic (exact) mass is 424 g/mol. The summed E-state index contributed by atoms with van der Waals surface area (Å²) in [7, 11) is -3.38. The Labute approximate surface area is 171 Å². The normalized spacial score (nSPS) is 18.5. The zero-order valence-corrected chi connectivity index (χ0v) is 17.5. The molecule has 0 aliphatic carbocycles. The average molecular weight is 425 g/mol. The Balaban J connectivity index is 1.42. The van der Waals surface area contributed by atoms with Gasteiger partial charge in [0.25, 0.3) is 0 Å². The van der Waals surface area contributed by atoms with Crippen molar-refractivity contribution in [3.8, 4) is 0 Å². The van der Waals surface area contributed by atoms with E-state index < -0.39 is 10.0 Å². The molecule has 2 heterocycles. The van der Waals surface area contributed by atoms with Gasteiger partial charge in [-0.1, -0.05) is 0 Å². The van der Waals surface area contributed by atoms with Crippen LogP contribution in [-0.4, -0.2) is 94.2 Å². The third kappa shape index (κ3) is 5.68. The number of ketones is 1. The molecule has 0 spiro atoms. The van der Waals surface area contributed by atoms with Crippen LogP contribution in [0, 0.1) is 0 Å². The largest absolute Gasteiger partial charge is 0.379 e. The topological polar surface area (TPSA) is 99.3 Å². The molecule has 2 amide bonds. The first-order chi connectivity index (χ1) is 13.9. The number of carbonyl (C=O) groups excluding carboxylic acids is 2. The number of ether oxygens (including phenoxy) is 1. The highest BCUT2D eigenvalue weighted by molar-refractivity contribution is 7.89. The lowest BCUT2D eigenvalue weighted by atomic mass is 10.1. The summed E-state index contributed by atoms with van der Waals surface area (Å²) >= 11 is 0. The maximum Gasteiger partial charge on any atom is 0.317 e. The molecule has 1 aromatic rings. The fourth-order valence-electron chi connectivity index (χ4n) is 3.43. The predicted octanol–water partition coefficient (Wildman–Crippen LogP) is 0.383. The van der Waals surface area contributed by atoms with Gasteiger partial charge in [-0.3, -0.25) is 4.79 Å². The van der Waals surface area contributed by atoms with Gasteiger partial charge >= 0.3 is 6.03 Å². The number of sulfonamides is 1. The number of hydrogen-bond donors (Lipinski definition) is 1. The van der Waals surface area contributed by atoms with Crippen LogP contribution in [0.2, 0.25) is 0 Å². The van der Waals surface area contributed by atoms with Gasteiger partial charge in [0.2, 0.25) is 10.0 Å². The summed E-state index contributed by atoms with van der Waals surface area (Å²) in [5.41, 5.74) is 1.70. The van der Waals surface area contributed by atoms with E-state index in [4.69, 9.17) is 4.74 Å². The fraction of sp³-hybridized carbons (Fsp3) is 0.579. The number of anilines is 1. The second-order valence-electron chi connectivity index (χ2n) is 7.14. The maximum absolute atomic E-state index is 12.4. The van der Waals surface area contributed by atoms with Gasteiger partial charge in [-0.15, -0.1) is 0 Å². The number of morpholine rings is 1. The molecule has 29 heavy (non-hydrogen) atoms. The van der Waals surface area contributed by atoms with Crippen LogP contribution < -0.4 is 10.2 Å². The predicted molar refractivity (Wildman–Crippen MR) is 110 cm³/mol. The summed E-state index contributed by atoms with van der Waals surface area (Å²) in [4.78, 5) is 27.6. The molecule has 10 heteroatoms. The number of urea groups is 1. The van der Waals surface area contributed by atoms with Gasteiger partial charge in [-0.2, -0.15) is 4.31 Å². The molecule has 3 rings (SSSR count). The number of rotatable bonds is 6. The first kappa shape index (κ1) is 21.5. The summed E-state index contributed by atoms with van der Waals surface area (Å²) in [6.07, 6.45) is 0. The van der Waals surface area contributed by atoms with E-state index in [1.54, 1.807) is 11.8 Å². The van der Waals surface area contributed by atoms with Crippen molar-refractivity contribution < 1.29 is 22.7 Å². The Bertz CT molecular complexity index is 814. The average Bonchev–Trinajstić information content (AvgIpc) is 2.74. The van der Waals surface area contributed by atoms with E-state index in [-0.39, 0.29) is 24.1 Å². The lowest BCUT2D eigenvalue weighted by molar-refractivity contribution is 0.0730. The maximum atomic E-state index is 12.4. The highest BCUT2D eigenvalue weighted by atomic mass is 32.2. The molecular weight excluding hydrogens is 396 g/mol. The first-order valence-corrected chi connectivity index (χ1v) is 11.4. The van der Waals surface area contributed by atoms with Crippen LogP contribution >= 0.6 is 0 Å². The molecule has 0 saturated carbocycles. The standard InChI is InChI=1S/C19H28N4O5S/c1-16(24)17-2-4-18(5-3-17)21-7-9-22(10-8-21)19(25)20-6-15-29(26,27)23-11-13-28-14-12-23/h2-5H,6-15H2,1H3,(H,20,25). The molecule has 0 unspecified atom stereocenters. The minimum atomic E-state index is -3.38. The van der Waals surface area contributed by atoms with E-state index >= 15 is 0 Å². The lowest BCUT2D eigenvalue weighted by Gasteiger charge is -2.36. The molecule has 160 valence electrons. The van der Waals surface area contributed by atoms with Crippen LogP contribution in [0.5, 0.6) is 0 Å². The van der Waals surface area contributed by atoms with E-state index in [2.05, 4.69) is 10.2 Å². The number of nitrogens with zero attached hydrogens (tertiary/aromatic N) is 3. The third-order valence-corrected chi connectivity index (χ3v) is 7.08. The highest BCUT2D eigenvalue weighted by Gasteiger charge is 2.25. The molecule has 0 bridgehead atoms. The molecule has 9 nitrogen and oxygen atoms in total. The fourth-order valence-corrected chi connectivity index (χ4v) is 4.75. The van der Waals surface area contributed by atoms with E-state index in [1.807, 2.05) is 24.3 Å². The Morgan fingerprint density at radius 1 is 1.00 bits per heavy atom. The van der Waals surface area contributed by atoms with Crippen molar-refractivity contribution in [2.24, 2.45) is 0 Å². The summed E-state index contributed by atoms with van der Waals surface area (Å²) in [6, 6.07) is 7.22.